The summed E-state index contributed by atoms with van der Waals surface area (Å²) < 4.78 is 1.95. The Kier molecular flexibility index (Phi) is 1.96. The molecule has 1 aromatic carbocycles. The third-order valence-corrected chi connectivity index (χ3v) is 3.62. The zero-order valence-corrected chi connectivity index (χ0v) is 9.20. The number of rotatable bonds is 0. The van der Waals surface area contributed by atoms with Crippen LogP contribution in [-0.2, 0) is 11.2 Å². The van der Waals surface area contributed by atoms with Crippen molar-refractivity contribution in [3.8, 4) is 0 Å². The molecule has 1 N–H and O–H groups in total. The minimum Gasteiger partial charge on any atom is -0.325 e. The van der Waals surface area contributed by atoms with E-state index in [4.69, 9.17) is 0 Å². The number of amides is 1. The summed E-state index contributed by atoms with van der Waals surface area (Å²) in [7, 11) is 0. The van der Waals surface area contributed by atoms with Crippen molar-refractivity contribution in [3.05, 3.63) is 26.6 Å². The summed E-state index contributed by atoms with van der Waals surface area (Å²) in [5.41, 5.74) is 1.96. The normalized spacial score (nSPS) is 14.3. The molecule has 1 amide bonds. The predicted octanol–water partition coefficient (Wildman–Crippen LogP) is 2.71. The number of benzene rings is 1. The van der Waals surface area contributed by atoms with Crippen molar-refractivity contribution in [3.63, 3.8) is 0 Å². The van der Waals surface area contributed by atoms with Crippen LogP contribution in [0.3, 0.4) is 0 Å². The summed E-state index contributed by atoms with van der Waals surface area (Å²) in [5, 5.41) is 2.78. The average molecular weight is 291 g/mol. The van der Waals surface area contributed by atoms with E-state index in [2.05, 4.69) is 37.2 Å². The van der Waals surface area contributed by atoms with Gasteiger partial charge in [0, 0.05) is 14.6 Å². The van der Waals surface area contributed by atoms with Gasteiger partial charge >= 0.3 is 0 Å². The minimum atomic E-state index is 0.0648. The van der Waals surface area contributed by atoms with Gasteiger partial charge in [-0.25, -0.2) is 0 Å². The molecule has 12 heavy (non-hydrogen) atoms. The van der Waals surface area contributed by atoms with Gasteiger partial charge in [-0.1, -0.05) is 0 Å². The highest BCUT2D eigenvalue weighted by Gasteiger charge is 2.18. The Morgan fingerprint density at radius 3 is 2.67 bits per heavy atom. The van der Waals surface area contributed by atoms with E-state index in [-0.39, 0.29) is 5.91 Å². The molecule has 0 fully saturated rings. The molecule has 1 aliphatic heterocycles. The minimum absolute atomic E-state index is 0.0648. The van der Waals surface area contributed by atoms with Crippen LogP contribution in [0.4, 0.5) is 5.69 Å². The first-order valence-electron chi connectivity index (χ1n) is 3.44. The molecule has 4 heteroatoms. The Balaban J connectivity index is 2.55. The lowest BCUT2D eigenvalue weighted by Gasteiger charge is -2.00. The maximum atomic E-state index is 11.0. The second-order valence-corrected chi connectivity index (χ2v) is 4.36. The molecule has 0 aromatic heterocycles. The molecule has 1 aromatic rings. The van der Waals surface area contributed by atoms with Crippen molar-refractivity contribution in [2.24, 2.45) is 0 Å². The predicted molar refractivity (Wildman–Crippen MR) is 54.2 cm³/mol. The summed E-state index contributed by atoms with van der Waals surface area (Å²) in [5.74, 6) is 0.0648. The molecule has 0 bridgehead atoms. The molecule has 1 aliphatic rings. The number of hydrogen-bond acceptors (Lipinski definition) is 1. The van der Waals surface area contributed by atoms with Crippen molar-refractivity contribution in [2.75, 3.05) is 5.32 Å². The molecule has 2 nitrogen and oxygen atoms in total. The number of anilines is 1. The van der Waals surface area contributed by atoms with Crippen molar-refractivity contribution in [1.82, 2.24) is 0 Å². The summed E-state index contributed by atoms with van der Waals surface area (Å²) in [6.07, 6.45) is 0.487. The van der Waals surface area contributed by atoms with Crippen molar-refractivity contribution in [2.45, 2.75) is 6.42 Å². The summed E-state index contributed by atoms with van der Waals surface area (Å²) >= 11 is 6.75. The quantitative estimate of drug-likeness (QED) is 0.782. The summed E-state index contributed by atoms with van der Waals surface area (Å²) in [4.78, 5) is 11.0. The van der Waals surface area contributed by atoms with Crippen molar-refractivity contribution in [1.29, 1.82) is 0 Å². The van der Waals surface area contributed by atoms with Gasteiger partial charge in [-0.2, -0.15) is 0 Å². The Morgan fingerprint density at radius 1 is 1.25 bits per heavy atom. The van der Waals surface area contributed by atoms with Crippen LogP contribution < -0.4 is 5.32 Å². The smallest absolute Gasteiger partial charge is 0.228 e. The van der Waals surface area contributed by atoms with E-state index >= 15 is 0 Å². The van der Waals surface area contributed by atoms with Crippen LogP contribution in [-0.4, -0.2) is 5.91 Å². The average Bonchev–Trinajstić information content (AvgIpc) is 2.30. The highest BCUT2D eigenvalue weighted by molar-refractivity contribution is 9.13. The maximum Gasteiger partial charge on any atom is 0.228 e. The Labute approximate surface area is 86.6 Å². The van der Waals surface area contributed by atoms with Crippen LogP contribution in [0, 0.1) is 0 Å². The summed E-state index contributed by atoms with van der Waals surface area (Å²) in [6.45, 7) is 0. The first-order valence-corrected chi connectivity index (χ1v) is 5.03. The maximum absolute atomic E-state index is 11.0. The number of carbonyl (C=O) groups is 1. The van der Waals surface area contributed by atoms with Gasteiger partial charge in [0.05, 0.1) is 6.42 Å². The molecule has 1 heterocycles. The molecule has 0 atom stereocenters. The molecule has 0 saturated carbocycles. The van der Waals surface area contributed by atoms with E-state index in [0.717, 1.165) is 20.2 Å². The van der Waals surface area contributed by atoms with Gasteiger partial charge in [0.1, 0.15) is 0 Å². The molecule has 0 unspecified atom stereocenters. The van der Waals surface area contributed by atoms with E-state index < -0.39 is 0 Å². The van der Waals surface area contributed by atoms with E-state index in [1.54, 1.807) is 0 Å². The molecule has 2 rings (SSSR count). The van der Waals surface area contributed by atoms with Crippen LogP contribution in [0.5, 0.6) is 0 Å². The largest absolute Gasteiger partial charge is 0.325 e. The topological polar surface area (TPSA) is 29.1 Å². The van der Waals surface area contributed by atoms with Crippen LogP contribution in [0.1, 0.15) is 5.56 Å². The SMILES string of the molecule is O=C1Cc2cc(Br)c(Br)cc2N1. The summed E-state index contributed by atoms with van der Waals surface area (Å²) in [6, 6.07) is 3.86. The van der Waals surface area contributed by atoms with E-state index in [1.807, 2.05) is 12.1 Å². The third-order valence-electron chi connectivity index (χ3n) is 1.77. The number of carbonyl (C=O) groups excluding carboxylic acids is 1. The molecule has 0 aliphatic carbocycles. The second-order valence-electron chi connectivity index (χ2n) is 2.65. The zero-order chi connectivity index (χ0) is 8.72. The van der Waals surface area contributed by atoms with Gasteiger partial charge in [-0.15, -0.1) is 0 Å². The fourth-order valence-electron chi connectivity index (χ4n) is 1.22. The Bertz CT molecular complexity index is 329. The number of halogens is 2. The fourth-order valence-corrected chi connectivity index (χ4v) is 1.95. The lowest BCUT2D eigenvalue weighted by Crippen LogP contribution is -2.03. The number of fused-ring (bicyclic) bond motifs is 1. The lowest BCUT2D eigenvalue weighted by atomic mass is 10.2. The first kappa shape index (κ1) is 8.26. The molecule has 62 valence electrons. The van der Waals surface area contributed by atoms with Gasteiger partial charge in [-0.3, -0.25) is 4.79 Å². The van der Waals surface area contributed by atoms with Gasteiger partial charge < -0.3 is 5.32 Å². The van der Waals surface area contributed by atoms with Crippen molar-refractivity contribution >= 4 is 43.5 Å². The van der Waals surface area contributed by atoms with Crippen LogP contribution >= 0.6 is 31.9 Å². The second kappa shape index (κ2) is 2.85. The Hall–Kier alpha value is -0.350. The third kappa shape index (κ3) is 1.29. The molecule has 0 saturated heterocycles. The van der Waals surface area contributed by atoms with E-state index in [9.17, 15) is 4.79 Å². The zero-order valence-electron chi connectivity index (χ0n) is 6.03. The van der Waals surface area contributed by atoms with Gasteiger partial charge in [0.25, 0.3) is 0 Å². The van der Waals surface area contributed by atoms with Gasteiger partial charge in [0.15, 0.2) is 0 Å². The van der Waals surface area contributed by atoms with Crippen LogP contribution in [0.2, 0.25) is 0 Å². The standard InChI is InChI=1S/C8H5Br2NO/c9-5-1-4-2-8(12)11-7(4)3-6(5)10/h1,3H,2H2,(H,11,12). The number of nitrogens with one attached hydrogen (secondary N) is 1. The first-order chi connectivity index (χ1) is 5.66. The van der Waals surface area contributed by atoms with Crippen LogP contribution in [0.25, 0.3) is 0 Å². The van der Waals surface area contributed by atoms with Gasteiger partial charge in [0.2, 0.25) is 5.91 Å². The monoisotopic (exact) mass is 289 g/mol. The lowest BCUT2D eigenvalue weighted by molar-refractivity contribution is -0.115. The number of hydrogen-bond donors (Lipinski definition) is 1. The molecule has 0 spiro atoms. The van der Waals surface area contributed by atoms with Crippen molar-refractivity contribution < 1.29 is 4.79 Å². The van der Waals surface area contributed by atoms with E-state index in [1.165, 1.54) is 0 Å². The Morgan fingerprint density at radius 2 is 1.92 bits per heavy atom. The fraction of sp³-hybridized carbons (Fsp3) is 0.125. The van der Waals surface area contributed by atoms with Crippen LogP contribution in [0.15, 0.2) is 21.1 Å². The van der Waals surface area contributed by atoms with Gasteiger partial charge in [-0.05, 0) is 49.6 Å². The molecular weight excluding hydrogens is 286 g/mol. The highest BCUT2D eigenvalue weighted by atomic mass is 79.9. The van der Waals surface area contributed by atoms with E-state index in [0.29, 0.717) is 6.42 Å². The molecular formula is C8H5Br2NO. The highest BCUT2D eigenvalue weighted by Crippen LogP contribution is 2.32. The molecule has 0 radical (unpaired) electrons.